The summed E-state index contributed by atoms with van der Waals surface area (Å²) in [5.41, 5.74) is 0.701. The van der Waals surface area contributed by atoms with Gasteiger partial charge in [0.25, 0.3) is 5.56 Å². The van der Waals surface area contributed by atoms with Crippen LogP contribution in [-0.4, -0.2) is 74.7 Å². The lowest BCUT2D eigenvalue weighted by molar-refractivity contribution is -0.144. The second kappa shape index (κ2) is 9.13. The Morgan fingerprint density at radius 3 is 2.72 bits per heavy atom. The van der Waals surface area contributed by atoms with Gasteiger partial charge in [0.2, 0.25) is 11.8 Å². The normalized spacial score (nSPS) is 19.7. The van der Waals surface area contributed by atoms with Gasteiger partial charge in [-0.05, 0) is 24.3 Å². The van der Waals surface area contributed by atoms with E-state index in [1.807, 2.05) is 27.8 Å². The van der Waals surface area contributed by atoms with Crippen molar-refractivity contribution < 1.29 is 9.59 Å². The molecule has 5 heterocycles. The molecule has 0 bridgehead atoms. The molecule has 1 unspecified atom stereocenters. The maximum absolute atomic E-state index is 13.2. The van der Waals surface area contributed by atoms with E-state index in [4.69, 9.17) is 0 Å². The lowest BCUT2D eigenvalue weighted by Gasteiger charge is -2.37. The van der Waals surface area contributed by atoms with E-state index in [-0.39, 0.29) is 23.4 Å². The summed E-state index contributed by atoms with van der Waals surface area (Å²) >= 11 is 3.03. The first-order valence-electron chi connectivity index (χ1n) is 10.9. The maximum Gasteiger partial charge on any atom is 0.258 e. The summed E-state index contributed by atoms with van der Waals surface area (Å²) in [6.07, 6.45) is 3.72. The van der Waals surface area contributed by atoms with Crippen LogP contribution in [0.15, 0.2) is 40.0 Å². The van der Waals surface area contributed by atoms with E-state index >= 15 is 0 Å². The first-order chi connectivity index (χ1) is 15.6. The number of piperazine rings is 1. The molecule has 10 heteroatoms. The largest absolute Gasteiger partial charge is 0.338 e. The SMILES string of the molecule is O=C(C1CCCN1C(=O)Cc1cccs1)N1CCN(Cc2cc(=O)n3ccsc3n2)CC1. The third-order valence-electron chi connectivity index (χ3n) is 6.19. The van der Waals surface area contributed by atoms with E-state index in [0.717, 1.165) is 36.5 Å². The monoisotopic (exact) mass is 471 g/mol. The van der Waals surface area contributed by atoms with E-state index in [0.29, 0.717) is 37.6 Å². The minimum Gasteiger partial charge on any atom is -0.338 e. The van der Waals surface area contributed by atoms with Crippen LogP contribution < -0.4 is 5.56 Å². The van der Waals surface area contributed by atoms with Gasteiger partial charge in [-0.25, -0.2) is 4.98 Å². The van der Waals surface area contributed by atoms with Gasteiger partial charge >= 0.3 is 0 Å². The van der Waals surface area contributed by atoms with Gasteiger partial charge in [0.05, 0.1) is 12.1 Å². The first-order valence-corrected chi connectivity index (χ1v) is 12.6. The van der Waals surface area contributed by atoms with Crippen molar-refractivity contribution in [3.63, 3.8) is 0 Å². The van der Waals surface area contributed by atoms with Gasteiger partial charge < -0.3 is 9.80 Å². The Bertz CT molecular complexity index is 1160. The zero-order valence-corrected chi connectivity index (χ0v) is 19.3. The van der Waals surface area contributed by atoms with Crippen LogP contribution in [0.1, 0.15) is 23.4 Å². The van der Waals surface area contributed by atoms with Crippen molar-refractivity contribution in [3.8, 4) is 0 Å². The van der Waals surface area contributed by atoms with Gasteiger partial charge in [0.1, 0.15) is 6.04 Å². The average molecular weight is 472 g/mol. The van der Waals surface area contributed by atoms with E-state index in [1.54, 1.807) is 32.9 Å². The van der Waals surface area contributed by atoms with Crippen LogP contribution in [0.5, 0.6) is 0 Å². The molecule has 5 rings (SSSR count). The summed E-state index contributed by atoms with van der Waals surface area (Å²) in [6, 6.07) is 5.17. The third-order valence-corrected chi connectivity index (χ3v) is 7.82. The number of nitrogens with zero attached hydrogens (tertiary/aromatic N) is 5. The van der Waals surface area contributed by atoms with Crippen LogP contribution in [-0.2, 0) is 22.6 Å². The summed E-state index contributed by atoms with van der Waals surface area (Å²) in [4.78, 5) is 50.4. The van der Waals surface area contributed by atoms with Crippen LogP contribution in [0.2, 0.25) is 0 Å². The molecule has 0 aliphatic carbocycles. The quantitative estimate of drug-likeness (QED) is 0.566. The van der Waals surface area contributed by atoms with Crippen molar-refractivity contribution in [1.82, 2.24) is 24.1 Å². The molecule has 168 valence electrons. The number of fused-ring (bicyclic) bond motifs is 1. The molecule has 2 aliphatic rings. The second-order valence-corrected chi connectivity index (χ2v) is 10.1. The van der Waals surface area contributed by atoms with E-state index in [9.17, 15) is 14.4 Å². The number of hydrogen-bond acceptors (Lipinski definition) is 7. The minimum atomic E-state index is -0.336. The maximum atomic E-state index is 13.2. The molecule has 0 radical (unpaired) electrons. The number of thiazole rings is 1. The Kier molecular flexibility index (Phi) is 6.07. The van der Waals surface area contributed by atoms with Gasteiger partial charge in [-0.1, -0.05) is 6.07 Å². The van der Waals surface area contributed by atoms with Crippen LogP contribution in [0, 0.1) is 0 Å². The van der Waals surface area contributed by atoms with Crippen LogP contribution in [0.4, 0.5) is 0 Å². The Balaban J connectivity index is 1.17. The molecule has 2 aliphatic heterocycles. The van der Waals surface area contributed by atoms with Gasteiger partial charge in [0.15, 0.2) is 4.96 Å². The number of carbonyl (C=O) groups excluding carboxylic acids is 2. The lowest BCUT2D eigenvalue weighted by atomic mass is 10.1. The number of thiophene rings is 1. The smallest absolute Gasteiger partial charge is 0.258 e. The highest BCUT2D eigenvalue weighted by molar-refractivity contribution is 7.15. The number of hydrogen-bond donors (Lipinski definition) is 0. The molecule has 1 atom stereocenters. The summed E-state index contributed by atoms with van der Waals surface area (Å²) in [7, 11) is 0. The predicted molar refractivity (Wildman–Crippen MR) is 124 cm³/mol. The molecular formula is C22H25N5O3S2. The third kappa shape index (κ3) is 4.35. The van der Waals surface area contributed by atoms with E-state index in [1.165, 1.54) is 11.3 Å². The summed E-state index contributed by atoms with van der Waals surface area (Å²) in [5.74, 6) is 0.112. The topological polar surface area (TPSA) is 78.2 Å². The molecular weight excluding hydrogens is 446 g/mol. The predicted octanol–water partition coefficient (Wildman–Crippen LogP) is 1.70. The summed E-state index contributed by atoms with van der Waals surface area (Å²) in [6.45, 7) is 3.97. The Labute approximate surface area is 193 Å². The fourth-order valence-electron chi connectivity index (χ4n) is 4.52. The molecule has 3 aromatic heterocycles. The van der Waals surface area contributed by atoms with Crippen LogP contribution >= 0.6 is 22.7 Å². The zero-order valence-electron chi connectivity index (χ0n) is 17.7. The Morgan fingerprint density at radius 1 is 1.09 bits per heavy atom. The van der Waals surface area contributed by atoms with E-state index in [2.05, 4.69) is 9.88 Å². The van der Waals surface area contributed by atoms with Crippen molar-refractivity contribution >= 4 is 39.4 Å². The van der Waals surface area contributed by atoms with Crippen molar-refractivity contribution in [2.24, 2.45) is 0 Å². The molecule has 2 fully saturated rings. The number of carbonyl (C=O) groups is 2. The van der Waals surface area contributed by atoms with Crippen molar-refractivity contribution in [2.45, 2.75) is 31.8 Å². The van der Waals surface area contributed by atoms with Crippen LogP contribution in [0.25, 0.3) is 4.96 Å². The molecule has 0 saturated carbocycles. The van der Waals surface area contributed by atoms with Gasteiger partial charge in [-0.15, -0.1) is 22.7 Å². The number of amides is 2. The molecule has 2 amide bonds. The fourth-order valence-corrected chi connectivity index (χ4v) is 5.96. The lowest BCUT2D eigenvalue weighted by Crippen LogP contribution is -2.54. The van der Waals surface area contributed by atoms with Gasteiger partial charge in [-0.3, -0.25) is 23.7 Å². The molecule has 3 aromatic rings. The Hall–Kier alpha value is -2.56. The van der Waals surface area contributed by atoms with Gasteiger partial charge in [0, 0.05) is 61.8 Å². The van der Waals surface area contributed by atoms with Crippen molar-refractivity contribution in [1.29, 1.82) is 0 Å². The van der Waals surface area contributed by atoms with Crippen LogP contribution in [0.3, 0.4) is 0 Å². The average Bonchev–Trinajstić information content (AvgIpc) is 3.55. The summed E-state index contributed by atoms with van der Waals surface area (Å²) in [5, 5.41) is 3.83. The first kappa shape index (κ1) is 21.3. The molecule has 2 saturated heterocycles. The molecule has 0 spiro atoms. The number of likely N-dealkylation sites (tertiary alicyclic amines) is 1. The van der Waals surface area contributed by atoms with Gasteiger partial charge in [-0.2, -0.15) is 0 Å². The zero-order chi connectivity index (χ0) is 22.1. The highest BCUT2D eigenvalue weighted by Gasteiger charge is 2.37. The number of rotatable bonds is 5. The van der Waals surface area contributed by atoms with E-state index < -0.39 is 0 Å². The second-order valence-electron chi connectivity index (χ2n) is 8.24. The highest BCUT2D eigenvalue weighted by atomic mass is 32.1. The molecule has 0 aromatic carbocycles. The summed E-state index contributed by atoms with van der Waals surface area (Å²) < 4.78 is 1.55. The highest BCUT2D eigenvalue weighted by Crippen LogP contribution is 2.22. The Morgan fingerprint density at radius 2 is 1.94 bits per heavy atom. The molecule has 0 N–H and O–H groups in total. The molecule has 8 nitrogen and oxygen atoms in total. The van der Waals surface area contributed by atoms with Crippen molar-refractivity contribution in [3.05, 3.63) is 56.1 Å². The standard InChI is InChI=1S/C22H25N5O3S2/c28-19-13-16(23-22-27(19)10-12-32-22)15-24-6-8-25(9-7-24)21(30)18-4-1-5-26(18)20(29)14-17-3-2-11-31-17/h2-3,10-13,18H,1,4-9,14-15H2. The molecule has 32 heavy (non-hydrogen) atoms. The fraction of sp³-hybridized carbons (Fsp3) is 0.455. The van der Waals surface area contributed by atoms with Crippen molar-refractivity contribution in [2.75, 3.05) is 32.7 Å². The minimum absolute atomic E-state index is 0.0447. The number of aromatic nitrogens is 2.